The van der Waals surface area contributed by atoms with E-state index < -0.39 is 11.4 Å². The third kappa shape index (κ3) is 6.06. The number of aromatic nitrogens is 1. The highest BCUT2D eigenvalue weighted by molar-refractivity contribution is 7.14. The molecule has 0 saturated carbocycles. The second-order valence-corrected chi connectivity index (χ2v) is 11.5. The minimum Gasteiger partial charge on any atom is -0.496 e. The van der Waals surface area contributed by atoms with E-state index >= 15 is 0 Å². The van der Waals surface area contributed by atoms with Crippen molar-refractivity contribution in [3.05, 3.63) is 59.0 Å². The van der Waals surface area contributed by atoms with Gasteiger partial charge in [0.15, 0.2) is 5.13 Å². The number of thiazole rings is 1. The number of carboxylic acids is 1. The van der Waals surface area contributed by atoms with E-state index in [1.165, 1.54) is 16.2 Å². The van der Waals surface area contributed by atoms with Crippen LogP contribution in [0.15, 0.2) is 47.8 Å². The molecule has 1 aliphatic heterocycles. The summed E-state index contributed by atoms with van der Waals surface area (Å²) >= 11 is 1.32. The van der Waals surface area contributed by atoms with Gasteiger partial charge in [-0.05, 0) is 36.1 Å². The van der Waals surface area contributed by atoms with Gasteiger partial charge in [0.25, 0.3) is 0 Å². The van der Waals surface area contributed by atoms with E-state index in [9.17, 15) is 19.5 Å². The number of methoxy groups -OCH3 is 1. The number of ether oxygens (including phenoxy) is 2. The van der Waals surface area contributed by atoms with Crippen LogP contribution in [-0.4, -0.2) is 91.7 Å². The first kappa shape index (κ1) is 28.6. The smallest absolute Gasteiger partial charge is 0.304 e. The standard InChI is InChI=1S/C30H34N4O6S/c1-32-10-11-34(18-26(32)35)12-13-40-22-8-9-23(25(14-22)39-3)24-19-41-29(31-24)33(2)28(38)30(17-27(36)37)15-20-6-4-5-7-21(20)16-30/h4-9,14,19H,10-13,15-18H2,1-3H3,(H,36,37). The van der Waals surface area contributed by atoms with Crippen LogP contribution in [0.3, 0.4) is 0 Å². The highest BCUT2D eigenvalue weighted by Gasteiger charge is 2.47. The van der Waals surface area contributed by atoms with E-state index in [0.29, 0.717) is 61.4 Å². The Morgan fingerprint density at radius 3 is 2.54 bits per heavy atom. The fraction of sp³-hybridized carbons (Fsp3) is 0.400. The number of anilines is 1. The van der Waals surface area contributed by atoms with E-state index in [-0.39, 0.29) is 18.2 Å². The van der Waals surface area contributed by atoms with Gasteiger partial charge < -0.3 is 19.5 Å². The number of carboxylic acid groups (broad SMARTS) is 1. The Labute approximate surface area is 243 Å². The molecule has 1 N–H and O–H groups in total. The summed E-state index contributed by atoms with van der Waals surface area (Å²) in [6.07, 6.45) is 0.526. The van der Waals surface area contributed by atoms with Gasteiger partial charge in [-0.15, -0.1) is 11.3 Å². The minimum atomic E-state index is -1.05. The number of aliphatic carboxylic acids is 1. The summed E-state index contributed by atoms with van der Waals surface area (Å²) in [7, 11) is 5.05. The fourth-order valence-electron chi connectivity index (χ4n) is 5.58. The molecule has 10 nitrogen and oxygen atoms in total. The average molecular weight is 579 g/mol. The molecule has 2 amide bonds. The Bertz CT molecular complexity index is 1430. The van der Waals surface area contributed by atoms with Crippen LogP contribution >= 0.6 is 11.3 Å². The highest BCUT2D eigenvalue weighted by Crippen LogP contribution is 2.43. The second-order valence-electron chi connectivity index (χ2n) is 10.7. The van der Waals surface area contributed by atoms with Crippen LogP contribution in [0.2, 0.25) is 0 Å². The van der Waals surface area contributed by atoms with Gasteiger partial charge in [0.2, 0.25) is 11.8 Å². The van der Waals surface area contributed by atoms with Gasteiger partial charge in [-0.2, -0.15) is 0 Å². The molecule has 0 unspecified atom stereocenters. The van der Waals surface area contributed by atoms with Gasteiger partial charge >= 0.3 is 5.97 Å². The molecule has 2 aromatic carbocycles. The van der Waals surface area contributed by atoms with E-state index in [4.69, 9.17) is 14.5 Å². The van der Waals surface area contributed by atoms with Gasteiger partial charge in [-0.3, -0.25) is 24.2 Å². The van der Waals surface area contributed by atoms with Gasteiger partial charge in [-0.25, -0.2) is 4.98 Å². The predicted octanol–water partition coefficient (Wildman–Crippen LogP) is 3.19. The van der Waals surface area contributed by atoms with Gasteiger partial charge in [-0.1, -0.05) is 24.3 Å². The lowest BCUT2D eigenvalue weighted by Crippen LogP contribution is -2.49. The number of rotatable bonds is 10. The summed E-state index contributed by atoms with van der Waals surface area (Å²) in [5.74, 6) is 0.0859. The third-order valence-corrected chi connectivity index (χ3v) is 8.78. The van der Waals surface area contributed by atoms with Crippen molar-refractivity contribution in [1.29, 1.82) is 0 Å². The van der Waals surface area contributed by atoms with Crippen molar-refractivity contribution in [2.75, 3.05) is 58.9 Å². The molecule has 0 atom stereocenters. The summed E-state index contributed by atoms with van der Waals surface area (Å²) < 4.78 is 11.6. The SMILES string of the molecule is COc1cc(OCCN2CCN(C)C(=O)C2)ccc1-c1csc(N(C)C(=O)C2(CC(=O)O)Cc3ccccc3C2)n1. The zero-order valence-corrected chi connectivity index (χ0v) is 24.3. The van der Waals surface area contributed by atoms with Crippen molar-refractivity contribution in [2.24, 2.45) is 5.41 Å². The molecular weight excluding hydrogens is 544 g/mol. The molecule has 5 rings (SSSR count). The molecular formula is C30H34N4O6S. The van der Waals surface area contributed by atoms with Crippen molar-refractivity contribution >= 4 is 34.3 Å². The third-order valence-electron chi connectivity index (χ3n) is 7.86. The molecule has 0 bridgehead atoms. The number of fused-ring (bicyclic) bond motifs is 1. The Morgan fingerprint density at radius 1 is 1.15 bits per heavy atom. The Morgan fingerprint density at radius 2 is 1.88 bits per heavy atom. The summed E-state index contributed by atoms with van der Waals surface area (Å²) in [6, 6.07) is 13.3. The maximum absolute atomic E-state index is 13.8. The van der Waals surface area contributed by atoms with Gasteiger partial charge in [0.1, 0.15) is 18.1 Å². The highest BCUT2D eigenvalue weighted by atomic mass is 32.1. The van der Waals surface area contributed by atoms with Crippen LogP contribution in [0.1, 0.15) is 17.5 Å². The van der Waals surface area contributed by atoms with E-state index in [1.807, 2.05) is 48.8 Å². The number of benzene rings is 2. The lowest BCUT2D eigenvalue weighted by molar-refractivity contribution is -0.144. The zero-order chi connectivity index (χ0) is 29.1. The quantitative estimate of drug-likeness (QED) is 0.391. The number of amides is 2. The van der Waals surface area contributed by atoms with E-state index in [2.05, 4.69) is 4.90 Å². The first-order valence-electron chi connectivity index (χ1n) is 13.5. The molecule has 2 heterocycles. The fourth-order valence-corrected chi connectivity index (χ4v) is 6.37. The van der Waals surface area contributed by atoms with Crippen molar-refractivity contribution in [1.82, 2.24) is 14.8 Å². The lowest BCUT2D eigenvalue weighted by atomic mass is 9.80. The summed E-state index contributed by atoms with van der Waals surface area (Å²) in [5.41, 5.74) is 2.37. The normalized spacial score (nSPS) is 16.4. The Hall–Kier alpha value is -3.96. The molecule has 216 valence electrons. The van der Waals surface area contributed by atoms with Crippen molar-refractivity contribution in [3.63, 3.8) is 0 Å². The molecule has 41 heavy (non-hydrogen) atoms. The van der Waals surface area contributed by atoms with Gasteiger partial charge in [0, 0.05) is 50.7 Å². The molecule has 0 radical (unpaired) electrons. The van der Waals surface area contributed by atoms with Crippen LogP contribution < -0.4 is 14.4 Å². The topological polar surface area (TPSA) is 113 Å². The molecule has 1 fully saturated rings. The van der Waals surface area contributed by atoms with Crippen LogP contribution in [0.4, 0.5) is 5.13 Å². The number of likely N-dealkylation sites (N-methyl/N-ethyl adjacent to an activating group) is 1. The first-order valence-corrected chi connectivity index (χ1v) is 14.4. The maximum Gasteiger partial charge on any atom is 0.304 e. The first-order chi connectivity index (χ1) is 19.7. The van der Waals surface area contributed by atoms with Crippen molar-refractivity contribution in [2.45, 2.75) is 19.3 Å². The zero-order valence-electron chi connectivity index (χ0n) is 23.5. The van der Waals surface area contributed by atoms with E-state index in [1.54, 1.807) is 25.1 Å². The largest absolute Gasteiger partial charge is 0.496 e. The molecule has 1 aromatic heterocycles. The molecule has 11 heteroatoms. The van der Waals surface area contributed by atoms with Crippen LogP contribution in [0.25, 0.3) is 11.3 Å². The Kier molecular flexibility index (Phi) is 8.27. The number of piperazine rings is 1. The van der Waals surface area contributed by atoms with E-state index in [0.717, 1.165) is 23.2 Å². The molecule has 1 aliphatic carbocycles. The Balaban J connectivity index is 1.27. The summed E-state index contributed by atoms with van der Waals surface area (Å²) in [6.45, 7) is 3.02. The lowest BCUT2D eigenvalue weighted by Gasteiger charge is -2.31. The molecule has 3 aromatic rings. The number of hydrogen-bond acceptors (Lipinski definition) is 8. The summed E-state index contributed by atoms with van der Waals surface area (Å²) in [5, 5.41) is 12.0. The van der Waals surface area contributed by atoms with Crippen molar-refractivity contribution in [3.8, 4) is 22.8 Å². The minimum absolute atomic E-state index is 0.114. The van der Waals surface area contributed by atoms with Gasteiger partial charge in [0.05, 0.1) is 31.2 Å². The number of hydrogen-bond donors (Lipinski definition) is 1. The maximum atomic E-state index is 13.8. The summed E-state index contributed by atoms with van der Waals surface area (Å²) in [4.78, 5) is 47.5. The van der Waals surface area contributed by atoms with Crippen LogP contribution in [0.5, 0.6) is 11.5 Å². The number of carbonyl (C=O) groups is 3. The molecule has 1 saturated heterocycles. The predicted molar refractivity (Wildman–Crippen MR) is 156 cm³/mol. The van der Waals surface area contributed by atoms with Crippen molar-refractivity contribution < 1.29 is 29.0 Å². The molecule has 2 aliphatic rings. The molecule has 0 spiro atoms. The van der Waals surface area contributed by atoms with Crippen LogP contribution in [-0.2, 0) is 27.2 Å². The number of carbonyl (C=O) groups excluding carboxylic acids is 2. The average Bonchev–Trinajstić information content (AvgIpc) is 3.59. The number of nitrogens with zero attached hydrogens (tertiary/aromatic N) is 4. The monoisotopic (exact) mass is 578 g/mol. The van der Waals surface area contributed by atoms with Crippen LogP contribution in [0, 0.1) is 5.41 Å². The second kappa shape index (κ2) is 11.9.